The molecule has 2 aromatic carbocycles. The van der Waals surface area contributed by atoms with Gasteiger partial charge in [-0.05, 0) is 55.3 Å². The molecule has 1 N–H and O–H groups in total. The summed E-state index contributed by atoms with van der Waals surface area (Å²) in [4.78, 5) is 6.54. The summed E-state index contributed by atoms with van der Waals surface area (Å²) < 4.78 is 53.5. The van der Waals surface area contributed by atoms with Crippen LogP contribution in [0.2, 0.25) is 5.02 Å². The number of rotatable bonds is 8. The van der Waals surface area contributed by atoms with Gasteiger partial charge in [0.2, 0.25) is 15.9 Å². The third kappa shape index (κ3) is 5.92. The van der Waals surface area contributed by atoms with E-state index < -0.39 is 21.9 Å². The zero-order chi connectivity index (χ0) is 25.0. The lowest BCUT2D eigenvalue weighted by atomic mass is 10.0. The number of pyridine rings is 1. The summed E-state index contributed by atoms with van der Waals surface area (Å²) >= 11 is 5.78. The molecule has 1 unspecified atom stereocenters. The zero-order valence-electron chi connectivity index (χ0n) is 19.5. The maximum Gasteiger partial charge on any atom is 0.241 e. The van der Waals surface area contributed by atoms with Crippen molar-refractivity contribution in [2.24, 2.45) is 0 Å². The molecular weight excluding hydrogens is 493 g/mol. The van der Waals surface area contributed by atoms with Crippen LogP contribution in [0.1, 0.15) is 31.0 Å². The molecule has 1 aliphatic rings. The Bertz CT molecular complexity index is 1300. The average Bonchev–Trinajstić information content (AvgIpc) is 2.86. The Morgan fingerprint density at radius 2 is 1.97 bits per heavy atom. The fourth-order valence-corrected chi connectivity index (χ4v) is 5.52. The summed E-state index contributed by atoms with van der Waals surface area (Å²) in [5, 5.41) is -0.256. The molecule has 186 valence electrons. The second-order valence-electron chi connectivity index (χ2n) is 8.16. The molecule has 4 rings (SSSR count). The Labute approximate surface area is 209 Å². The maximum absolute atomic E-state index is 13.5. The SMILES string of the molecule is CCc1c(C(C)NS(=O)(=O)c2ccc(F)c(Cl)c2)ccnc1Oc1cccc(N2CCOCC2)c1. The molecule has 7 nitrogen and oxygen atoms in total. The number of nitrogens with one attached hydrogen (secondary N) is 1. The van der Waals surface area contributed by atoms with E-state index in [1.54, 1.807) is 19.2 Å². The molecule has 0 spiro atoms. The molecule has 0 bridgehead atoms. The van der Waals surface area contributed by atoms with Crippen molar-refractivity contribution in [2.75, 3.05) is 31.2 Å². The summed E-state index contributed by atoms with van der Waals surface area (Å²) in [5.74, 6) is 0.378. The minimum absolute atomic E-state index is 0.112. The normalized spacial score (nSPS) is 15.1. The highest BCUT2D eigenvalue weighted by atomic mass is 35.5. The number of sulfonamides is 1. The fraction of sp³-hybridized carbons (Fsp3) is 0.320. The minimum Gasteiger partial charge on any atom is -0.439 e. The smallest absolute Gasteiger partial charge is 0.241 e. The fourth-order valence-electron chi connectivity index (χ4n) is 4.02. The number of aromatic nitrogens is 1. The van der Waals surface area contributed by atoms with Gasteiger partial charge in [-0.15, -0.1) is 0 Å². The van der Waals surface area contributed by atoms with Crippen LogP contribution < -0.4 is 14.4 Å². The lowest BCUT2D eigenvalue weighted by molar-refractivity contribution is 0.122. The van der Waals surface area contributed by atoms with Gasteiger partial charge in [0.05, 0.1) is 23.1 Å². The number of benzene rings is 2. The van der Waals surface area contributed by atoms with Crippen LogP contribution in [-0.4, -0.2) is 39.7 Å². The Morgan fingerprint density at radius 1 is 1.20 bits per heavy atom. The summed E-state index contributed by atoms with van der Waals surface area (Å²) in [6.45, 7) is 6.69. The van der Waals surface area contributed by atoms with E-state index in [1.807, 2.05) is 31.2 Å². The van der Waals surface area contributed by atoms with Crippen molar-refractivity contribution < 1.29 is 22.3 Å². The molecule has 2 heterocycles. The molecule has 35 heavy (non-hydrogen) atoms. The van der Waals surface area contributed by atoms with Crippen LogP contribution in [0.15, 0.2) is 59.6 Å². The molecule has 1 aromatic heterocycles. The van der Waals surface area contributed by atoms with Crippen molar-refractivity contribution in [2.45, 2.75) is 31.2 Å². The minimum atomic E-state index is -3.94. The van der Waals surface area contributed by atoms with Gasteiger partial charge in [-0.2, -0.15) is 0 Å². The van der Waals surface area contributed by atoms with Crippen LogP contribution in [0, 0.1) is 5.82 Å². The molecule has 10 heteroatoms. The summed E-state index contributed by atoms with van der Waals surface area (Å²) in [6.07, 6.45) is 2.17. The van der Waals surface area contributed by atoms with Gasteiger partial charge >= 0.3 is 0 Å². The highest BCUT2D eigenvalue weighted by Crippen LogP contribution is 2.32. The van der Waals surface area contributed by atoms with Gasteiger partial charge in [-0.1, -0.05) is 24.6 Å². The second-order valence-corrected chi connectivity index (χ2v) is 10.3. The van der Waals surface area contributed by atoms with E-state index in [4.69, 9.17) is 21.1 Å². The Morgan fingerprint density at radius 3 is 2.69 bits per heavy atom. The molecule has 0 radical (unpaired) electrons. The van der Waals surface area contributed by atoms with Gasteiger partial charge in [0.25, 0.3) is 0 Å². The van der Waals surface area contributed by atoms with E-state index in [2.05, 4.69) is 14.6 Å². The number of nitrogens with zero attached hydrogens (tertiary/aromatic N) is 2. The first kappa shape index (κ1) is 25.4. The van der Waals surface area contributed by atoms with E-state index >= 15 is 0 Å². The predicted octanol–water partition coefficient (Wildman–Crippen LogP) is 5.10. The Kier molecular flexibility index (Phi) is 7.91. The topological polar surface area (TPSA) is 80.8 Å². The molecule has 0 aliphatic carbocycles. The molecule has 3 aromatic rings. The Balaban J connectivity index is 1.57. The van der Waals surface area contributed by atoms with Crippen LogP contribution in [0.25, 0.3) is 0 Å². The lowest BCUT2D eigenvalue weighted by Gasteiger charge is -2.29. The molecular formula is C25H27ClFN3O4S. The van der Waals surface area contributed by atoms with E-state index in [0.717, 1.165) is 42.0 Å². The maximum atomic E-state index is 13.5. The van der Waals surface area contributed by atoms with E-state index in [9.17, 15) is 12.8 Å². The van der Waals surface area contributed by atoms with Gasteiger partial charge in [0, 0.05) is 42.6 Å². The van der Waals surface area contributed by atoms with Crippen molar-refractivity contribution in [3.05, 3.63) is 76.7 Å². The number of hydrogen-bond donors (Lipinski definition) is 1. The summed E-state index contributed by atoms with van der Waals surface area (Å²) in [6, 6.07) is 12.3. The lowest BCUT2D eigenvalue weighted by Crippen LogP contribution is -2.36. The van der Waals surface area contributed by atoms with Gasteiger partial charge in [0.15, 0.2) is 0 Å². The van der Waals surface area contributed by atoms with Crippen LogP contribution in [0.4, 0.5) is 10.1 Å². The number of ether oxygens (including phenoxy) is 2. The van der Waals surface area contributed by atoms with Crippen molar-refractivity contribution in [3.8, 4) is 11.6 Å². The second kappa shape index (κ2) is 10.9. The zero-order valence-corrected chi connectivity index (χ0v) is 21.1. The highest BCUT2D eigenvalue weighted by Gasteiger charge is 2.23. The average molecular weight is 520 g/mol. The van der Waals surface area contributed by atoms with Crippen LogP contribution >= 0.6 is 11.6 Å². The third-order valence-electron chi connectivity index (χ3n) is 5.81. The standard InChI is InChI=1S/C25H27ClFN3O4S/c1-3-21-22(17(2)29-35(31,32)20-7-8-24(27)23(26)16-20)9-10-28-25(21)34-19-6-4-5-18(15-19)30-11-13-33-14-12-30/h4-10,15-17,29H,3,11-14H2,1-2H3. The molecule has 1 atom stereocenters. The largest absolute Gasteiger partial charge is 0.439 e. The third-order valence-corrected chi connectivity index (χ3v) is 7.64. The van der Waals surface area contributed by atoms with Crippen molar-refractivity contribution in [1.82, 2.24) is 9.71 Å². The molecule has 1 aliphatic heterocycles. The molecule has 0 amide bonds. The molecule has 0 saturated carbocycles. The first-order valence-electron chi connectivity index (χ1n) is 11.3. The van der Waals surface area contributed by atoms with Crippen LogP contribution in [-0.2, 0) is 21.2 Å². The molecule has 1 saturated heterocycles. The number of morpholine rings is 1. The van der Waals surface area contributed by atoms with Crippen molar-refractivity contribution in [1.29, 1.82) is 0 Å². The van der Waals surface area contributed by atoms with E-state index in [1.165, 1.54) is 6.07 Å². The first-order valence-corrected chi connectivity index (χ1v) is 13.2. The highest BCUT2D eigenvalue weighted by molar-refractivity contribution is 7.89. The Hall–Kier alpha value is -2.72. The quantitative estimate of drug-likeness (QED) is 0.445. The van der Waals surface area contributed by atoms with Crippen LogP contribution in [0.5, 0.6) is 11.6 Å². The molecule has 1 fully saturated rings. The van der Waals surface area contributed by atoms with E-state index in [0.29, 0.717) is 31.3 Å². The van der Waals surface area contributed by atoms with Gasteiger partial charge in [0.1, 0.15) is 11.6 Å². The number of halogens is 2. The van der Waals surface area contributed by atoms with E-state index in [-0.39, 0.29) is 9.92 Å². The first-order chi connectivity index (χ1) is 16.8. The van der Waals surface area contributed by atoms with Crippen LogP contribution in [0.3, 0.4) is 0 Å². The van der Waals surface area contributed by atoms with Gasteiger partial charge in [-0.25, -0.2) is 22.5 Å². The van der Waals surface area contributed by atoms with Crippen molar-refractivity contribution >= 4 is 27.3 Å². The summed E-state index contributed by atoms with van der Waals surface area (Å²) in [7, 11) is -3.94. The number of anilines is 1. The monoisotopic (exact) mass is 519 g/mol. The van der Waals surface area contributed by atoms with Gasteiger partial charge in [-0.3, -0.25) is 0 Å². The predicted molar refractivity (Wildman–Crippen MR) is 133 cm³/mol. The number of hydrogen-bond acceptors (Lipinski definition) is 6. The van der Waals surface area contributed by atoms with Gasteiger partial charge < -0.3 is 14.4 Å². The summed E-state index contributed by atoms with van der Waals surface area (Å²) in [5.41, 5.74) is 2.56. The van der Waals surface area contributed by atoms with Crippen molar-refractivity contribution in [3.63, 3.8) is 0 Å².